The zero-order chi connectivity index (χ0) is 10.8. The molecule has 2 N–H and O–H groups in total. The molecule has 1 atom stereocenters. The minimum absolute atomic E-state index is 0.440. The highest BCUT2D eigenvalue weighted by Crippen LogP contribution is 2.31. The molecular weight excluding hydrogens is 186 g/mol. The Morgan fingerprint density at radius 1 is 1.13 bits per heavy atom. The Bertz CT molecular complexity index is 193. The molecule has 0 amide bonds. The summed E-state index contributed by atoms with van der Waals surface area (Å²) in [5.41, 5.74) is 6.15. The second kappa shape index (κ2) is 4.81. The molecule has 2 rings (SSSR count). The molecule has 0 aromatic carbocycles. The lowest BCUT2D eigenvalue weighted by molar-refractivity contribution is 0.103. The largest absolute Gasteiger partial charge is 0.326 e. The van der Waals surface area contributed by atoms with Crippen LogP contribution in [-0.2, 0) is 0 Å². The van der Waals surface area contributed by atoms with E-state index in [-0.39, 0.29) is 0 Å². The minimum atomic E-state index is 0.440. The van der Waals surface area contributed by atoms with Crippen LogP contribution in [0.25, 0.3) is 0 Å². The number of hydrogen-bond acceptors (Lipinski definition) is 3. The Labute approximate surface area is 93.6 Å². The van der Waals surface area contributed by atoms with Crippen molar-refractivity contribution < 1.29 is 0 Å². The molecule has 3 nitrogen and oxygen atoms in total. The van der Waals surface area contributed by atoms with E-state index in [4.69, 9.17) is 5.73 Å². The van der Waals surface area contributed by atoms with Gasteiger partial charge in [-0.2, -0.15) is 0 Å². The number of nitrogens with zero attached hydrogens (tertiary/aromatic N) is 2. The fourth-order valence-corrected chi connectivity index (χ4v) is 2.43. The van der Waals surface area contributed by atoms with Crippen LogP contribution in [0.4, 0.5) is 0 Å². The van der Waals surface area contributed by atoms with E-state index in [1.54, 1.807) is 0 Å². The van der Waals surface area contributed by atoms with Crippen molar-refractivity contribution in [3.63, 3.8) is 0 Å². The molecule has 1 aliphatic carbocycles. The molecular formula is C12H25N3. The lowest BCUT2D eigenvalue weighted by Gasteiger charge is -2.37. The van der Waals surface area contributed by atoms with Crippen molar-refractivity contribution in [1.82, 2.24) is 9.80 Å². The van der Waals surface area contributed by atoms with Gasteiger partial charge in [0.05, 0.1) is 0 Å². The summed E-state index contributed by atoms with van der Waals surface area (Å²) in [6.07, 6.45) is 2.74. The molecule has 0 bridgehead atoms. The molecule has 2 aliphatic rings. The highest BCUT2D eigenvalue weighted by Gasteiger charge is 2.30. The van der Waals surface area contributed by atoms with E-state index in [1.807, 2.05) is 0 Å². The molecule has 88 valence electrons. The molecule has 2 fully saturated rings. The molecule has 1 heterocycles. The van der Waals surface area contributed by atoms with E-state index < -0.39 is 0 Å². The summed E-state index contributed by atoms with van der Waals surface area (Å²) in [5.74, 6) is 0.841. The average Bonchev–Trinajstić information content (AvgIpc) is 3.01. The summed E-state index contributed by atoms with van der Waals surface area (Å²) < 4.78 is 0. The van der Waals surface area contributed by atoms with E-state index in [9.17, 15) is 0 Å². The van der Waals surface area contributed by atoms with Gasteiger partial charge in [-0.05, 0) is 32.6 Å². The molecule has 1 saturated carbocycles. The van der Waals surface area contributed by atoms with Crippen LogP contribution in [0.15, 0.2) is 0 Å². The second-order valence-corrected chi connectivity index (χ2v) is 5.43. The highest BCUT2D eigenvalue weighted by molar-refractivity contribution is 4.87. The second-order valence-electron chi connectivity index (χ2n) is 5.43. The zero-order valence-electron chi connectivity index (χ0n) is 10.2. The summed E-state index contributed by atoms with van der Waals surface area (Å²) >= 11 is 0. The van der Waals surface area contributed by atoms with Gasteiger partial charge in [0, 0.05) is 44.8 Å². The monoisotopic (exact) mass is 211 g/mol. The van der Waals surface area contributed by atoms with Gasteiger partial charge in [-0.3, -0.25) is 9.80 Å². The predicted molar refractivity (Wildman–Crippen MR) is 63.8 cm³/mol. The maximum Gasteiger partial charge on any atom is 0.0196 e. The van der Waals surface area contributed by atoms with Gasteiger partial charge in [0.1, 0.15) is 0 Å². The van der Waals surface area contributed by atoms with Gasteiger partial charge in [0.15, 0.2) is 0 Å². The Balaban J connectivity index is 1.68. The number of nitrogens with two attached hydrogens (primary N) is 1. The van der Waals surface area contributed by atoms with Crippen molar-refractivity contribution >= 4 is 0 Å². The fraction of sp³-hybridized carbons (Fsp3) is 1.00. The third-order valence-electron chi connectivity index (χ3n) is 3.83. The summed E-state index contributed by atoms with van der Waals surface area (Å²) in [4.78, 5) is 5.10. The Morgan fingerprint density at radius 2 is 1.73 bits per heavy atom. The smallest absolute Gasteiger partial charge is 0.0196 e. The van der Waals surface area contributed by atoms with E-state index in [2.05, 4.69) is 23.6 Å². The minimum Gasteiger partial charge on any atom is -0.326 e. The fourth-order valence-electron chi connectivity index (χ4n) is 2.43. The first-order valence-electron chi connectivity index (χ1n) is 6.39. The molecule has 1 aliphatic heterocycles. The van der Waals surface area contributed by atoms with E-state index in [0.717, 1.165) is 12.5 Å². The first-order valence-corrected chi connectivity index (χ1v) is 6.39. The van der Waals surface area contributed by atoms with Gasteiger partial charge in [-0.25, -0.2) is 0 Å². The van der Waals surface area contributed by atoms with Crippen molar-refractivity contribution in [3.8, 4) is 0 Å². The van der Waals surface area contributed by atoms with Crippen molar-refractivity contribution in [1.29, 1.82) is 0 Å². The summed E-state index contributed by atoms with van der Waals surface area (Å²) in [6.45, 7) is 10.5. The Kier molecular flexibility index (Phi) is 3.65. The number of rotatable bonds is 4. The van der Waals surface area contributed by atoms with Crippen LogP contribution >= 0.6 is 0 Å². The van der Waals surface area contributed by atoms with Gasteiger partial charge in [0.25, 0.3) is 0 Å². The normalized spacial score (nSPS) is 27.2. The van der Waals surface area contributed by atoms with Crippen LogP contribution in [0.2, 0.25) is 0 Å². The van der Waals surface area contributed by atoms with E-state index in [1.165, 1.54) is 39.0 Å². The lowest BCUT2D eigenvalue weighted by atomic mass is 10.1. The predicted octanol–water partition coefficient (Wildman–Crippen LogP) is 0.750. The van der Waals surface area contributed by atoms with Crippen LogP contribution in [-0.4, -0.2) is 54.6 Å². The molecule has 0 spiro atoms. The maximum absolute atomic E-state index is 6.15. The summed E-state index contributed by atoms with van der Waals surface area (Å²) in [7, 11) is 0. The molecule has 1 saturated heterocycles. The highest BCUT2D eigenvalue weighted by atomic mass is 15.3. The van der Waals surface area contributed by atoms with Gasteiger partial charge in [-0.1, -0.05) is 0 Å². The average molecular weight is 211 g/mol. The third-order valence-corrected chi connectivity index (χ3v) is 3.83. The molecule has 15 heavy (non-hydrogen) atoms. The molecule has 0 aromatic rings. The van der Waals surface area contributed by atoms with Crippen molar-refractivity contribution in [2.75, 3.05) is 32.7 Å². The molecule has 0 aromatic heterocycles. The van der Waals surface area contributed by atoms with Crippen LogP contribution in [0.3, 0.4) is 0 Å². The van der Waals surface area contributed by atoms with Gasteiger partial charge in [0.2, 0.25) is 0 Å². The van der Waals surface area contributed by atoms with Gasteiger partial charge < -0.3 is 5.73 Å². The van der Waals surface area contributed by atoms with E-state index in [0.29, 0.717) is 12.1 Å². The third kappa shape index (κ3) is 3.16. The quantitative estimate of drug-likeness (QED) is 0.745. The van der Waals surface area contributed by atoms with Crippen LogP contribution < -0.4 is 5.73 Å². The van der Waals surface area contributed by atoms with Gasteiger partial charge in [-0.15, -0.1) is 0 Å². The standard InChI is InChI=1S/C12H25N3/c1-10(2)15-7-5-14(6-8-15)9-12(13)11-3-4-11/h10-12H,3-9,13H2,1-2H3. The molecule has 3 heteroatoms. The van der Waals surface area contributed by atoms with Crippen molar-refractivity contribution in [2.24, 2.45) is 11.7 Å². The van der Waals surface area contributed by atoms with E-state index >= 15 is 0 Å². The Morgan fingerprint density at radius 3 is 2.20 bits per heavy atom. The van der Waals surface area contributed by atoms with Crippen molar-refractivity contribution in [3.05, 3.63) is 0 Å². The number of piperazine rings is 1. The molecule has 0 radical (unpaired) electrons. The first-order chi connectivity index (χ1) is 7.16. The van der Waals surface area contributed by atoms with Crippen molar-refractivity contribution in [2.45, 2.75) is 38.8 Å². The Hall–Kier alpha value is -0.120. The van der Waals surface area contributed by atoms with Gasteiger partial charge >= 0.3 is 0 Å². The van der Waals surface area contributed by atoms with Crippen LogP contribution in [0.5, 0.6) is 0 Å². The van der Waals surface area contributed by atoms with Crippen LogP contribution in [0, 0.1) is 5.92 Å². The maximum atomic E-state index is 6.15. The summed E-state index contributed by atoms with van der Waals surface area (Å²) in [6, 6.07) is 1.14. The first kappa shape index (κ1) is 11.4. The SMILES string of the molecule is CC(C)N1CCN(CC(N)C2CC2)CC1. The number of hydrogen-bond donors (Lipinski definition) is 1. The summed E-state index contributed by atoms with van der Waals surface area (Å²) in [5, 5.41) is 0. The zero-order valence-corrected chi connectivity index (χ0v) is 10.2. The lowest BCUT2D eigenvalue weighted by Crippen LogP contribution is -2.51. The van der Waals surface area contributed by atoms with Crippen LogP contribution in [0.1, 0.15) is 26.7 Å². The molecule has 1 unspecified atom stereocenters. The topological polar surface area (TPSA) is 32.5 Å².